The summed E-state index contributed by atoms with van der Waals surface area (Å²) in [6.07, 6.45) is 9.98. The number of ether oxygens (including phenoxy) is 6. The zero-order valence-corrected chi connectivity index (χ0v) is 54.1. The number of methoxy groups -OCH3 is 2. The number of rotatable bonds is 18. The molecule has 2 aromatic carbocycles. The lowest BCUT2D eigenvalue weighted by Crippen LogP contribution is -2.48. The van der Waals surface area contributed by atoms with E-state index in [-0.39, 0.29) is 26.3 Å². The first-order valence-corrected chi connectivity index (χ1v) is 31.4. The molecule has 4 aliphatic heterocycles. The fourth-order valence-electron chi connectivity index (χ4n) is 10.7. The molecule has 0 bridgehead atoms. The molecule has 0 aliphatic carbocycles. The molecule has 4 aliphatic rings. The Bertz CT molecular complexity index is 3340. The van der Waals surface area contributed by atoms with Gasteiger partial charge in [-0.25, -0.2) is 49.1 Å². The van der Waals surface area contributed by atoms with Gasteiger partial charge in [-0.1, -0.05) is 84.4 Å². The van der Waals surface area contributed by atoms with Crippen LogP contribution in [-0.4, -0.2) is 144 Å². The van der Waals surface area contributed by atoms with Crippen molar-refractivity contribution in [2.45, 2.75) is 141 Å². The number of hydrogen-bond acceptors (Lipinski definition) is 22. The number of carbonyl (C=O) groups is 4. The summed E-state index contributed by atoms with van der Waals surface area (Å²) in [6.45, 7) is 16.0. The van der Waals surface area contributed by atoms with Crippen LogP contribution in [0.4, 0.5) is 38.7 Å². The van der Waals surface area contributed by atoms with Crippen LogP contribution in [0.25, 0.3) is 0 Å². The minimum atomic E-state index is -1.05. The van der Waals surface area contributed by atoms with Crippen LogP contribution in [0.2, 0.25) is 5.15 Å². The Morgan fingerprint density at radius 2 is 1.04 bits per heavy atom. The monoisotopic (exact) mass is 1270 g/mol. The minimum Gasteiger partial charge on any atom is -0.490 e. The van der Waals surface area contributed by atoms with Crippen LogP contribution in [0, 0.1) is 0 Å². The lowest BCUT2D eigenvalue weighted by Gasteiger charge is -2.33. The Morgan fingerprint density at radius 3 is 1.49 bits per heavy atom. The number of nitrogens with one attached hydrogen (secondary N) is 5. The van der Waals surface area contributed by atoms with E-state index in [1.165, 1.54) is 35.9 Å². The summed E-state index contributed by atoms with van der Waals surface area (Å²) in [5.41, 5.74) is 10.7. The molecule has 8 heterocycles. The molecule has 2 fully saturated rings. The van der Waals surface area contributed by atoms with Crippen molar-refractivity contribution < 1.29 is 47.6 Å². The highest BCUT2D eigenvalue weighted by Crippen LogP contribution is 2.39. The van der Waals surface area contributed by atoms with E-state index in [2.05, 4.69) is 80.6 Å². The molecule has 25 heteroatoms. The Kier molecular flexibility index (Phi) is 24.6. The van der Waals surface area contributed by atoms with Crippen LogP contribution >= 0.6 is 11.6 Å². The number of amides is 2. The van der Waals surface area contributed by atoms with Gasteiger partial charge in [0.25, 0.3) is 0 Å². The number of esters is 2. The number of nitrogens with two attached hydrogens (primary N) is 1. The second kappa shape index (κ2) is 32.8. The number of aromatic nitrogens is 6. The summed E-state index contributed by atoms with van der Waals surface area (Å²) in [6, 6.07) is 25.4. The predicted molar refractivity (Wildman–Crippen MR) is 349 cm³/mol. The zero-order chi connectivity index (χ0) is 64.9. The largest absolute Gasteiger partial charge is 0.490 e. The van der Waals surface area contributed by atoms with Gasteiger partial charge in [0.1, 0.15) is 60.8 Å². The quantitative estimate of drug-likeness (QED) is 0.0265. The van der Waals surface area contributed by atoms with Gasteiger partial charge in [0.05, 0.1) is 14.2 Å². The predicted octanol–water partition coefficient (Wildman–Crippen LogP) is 9.53. The highest BCUT2D eigenvalue weighted by molar-refractivity contribution is 6.31. The molecule has 24 nitrogen and oxygen atoms in total. The third kappa shape index (κ3) is 20.4. The number of aryl methyl sites for hydroxylation is 2. The molecule has 7 N–H and O–H groups in total. The van der Waals surface area contributed by atoms with Crippen LogP contribution in [-0.2, 0) is 54.6 Å². The van der Waals surface area contributed by atoms with Crippen LogP contribution in [0.15, 0.2) is 97.6 Å². The first-order valence-electron chi connectivity index (χ1n) is 31.0. The maximum absolute atomic E-state index is 13.1. The highest BCUT2D eigenvalue weighted by Gasteiger charge is 2.32. The van der Waals surface area contributed by atoms with Gasteiger partial charge in [0.15, 0.2) is 28.4 Å². The zero-order valence-electron chi connectivity index (χ0n) is 53.4. The summed E-state index contributed by atoms with van der Waals surface area (Å²) >= 11 is 6.12. The average Bonchev–Trinajstić information content (AvgIpc) is 1.19. The lowest BCUT2D eigenvalue weighted by molar-refractivity contribution is -0.158. The lowest BCUT2D eigenvalue weighted by atomic mass is 9.92. The number of nitrogens with zero attached hydrogens (tertiary/aromatic N) is 8. The molecule has 0 spiro atoms. The molecule has 488 valence electrons. The standard InChI is InChI=1S/C33H43N7O5.C18H22ClN5O.C15H22N2O4/c1-33(2,3)45-31(41)26(39-32(42)44-20-22-9-6-5-7-10-22)19-35-29-27(43-4)30(37-21-36-29)40-17-14-23(15-18-40)25-13-12-24-11-8-16-34-28(24)38-25;1-25-15-16(19)21-11-22-18(15)24-9-6-12(7-10-24)14-5-4-13-3-2-8-20-17(13)23-14;1-15(2,3)21-13(18)12(9-16)17-14(19)20-10-11-7-5-4-6-8-11/h5-7,9-10,12-13,21,23,26H,8,11,14-20H2,1-4H3,(H,34,38)(H,39,42)(H,35,36,37);4-5,11-12H,2-3,6-10H2,1H3,(H,20,23);4-8,12H,9-10,16H2,1-3H3,(H,17,19)/t26-;;12-/m0.0/s1. The van der Waals surface area contributed by atoms with Crippen molar-refractivity contribution in [3.8, 4) is 11.5 Å². The van der Waals surface area contributed by atoms with Gasteiger partial charge >= 0.3 is 24.1 Å². The number of benzene rings is 2. The maximum atomic E-state index is 13.1. The van der Waals surface area contributed by atoms with Crippen molar-refractivity contribution in [1.29, 1.82) is 0 Å². The minimum absolute atomic E-state index is 0.0116. The van der Waals surface area contributed by atoms with Crippen LogP contribution in [0.3, 0.4) is 0 Å². The van der Waals surface area contributed by atoms with Crippen molar-refractivity contribution in [2.24, 2.45) is 5.73 Å². The smallest absolute Gasteiger partial charge is 0.408 e. The number of alkyl carbamates (subject to hydrolysis) is 2. The number of halogens is 1. The van der Waals surface area contributed by atoms with Gasteiger partial charge in [-0.3, -0.25) is 0 Å². The van der Waals surface area contributed by atoms with E-state index in [0.29, 0.717) is 40.1 Å². The second-order valence-electron chi connectivity index (χ2n) is 24.4. The maximum Gasteiger partial charge on any atom is 0.408 e. The summed E-state index contributed by atoms with van der Waals surface area (Å²) in [5, 5.41) is 15.4. The Balaban J connectivity index is 0.000000195. The molecule has 6 aromatic rings. The Hall–Kier alpha value is -8.77. The summed E-state index contributed by atoms with van der Waals surface area (Å²) in [7, 11) is 3.17. The van der Waals surface area contributed by atoms with E-state index < -0.39 is 47.4 Å². The molecule has 2 atom stereocenters. The summed E-state index contributed by atoms with van der Waals surface area (Å²) in [4.78, 5) is 80.7. The van der Waals surface area contributed by atoms with Crippen molar-refractivity contribution in [3.05, 3.63) is 136 Å². The number of fused-ring (bicyclic) bond motifs is 2. The SMILES string of the molecule is CC(C)(C)OC(=O)[C@H](CN)NC(=O)OCc1ccccc1.COc1c(Cl)ncnc1N1CCC(c2ccc3c(n2)NCCC3)CC1.COc1c(NC[C@H](NC(=O)OCc2ccccc2)C(=O)OC(C)(C)C)ncnc1N1CCC(c2ccc3c(n2)NCCC3)CC1. The van der Waals surface area contributed by atoms with E-state index in [1.54, 1.807) is 55.8 Å². The summed E-state index contributed by atoms with van der Waals surface area (Å²) < 4.78 is 32.3. The normalized spacial score (nSPS) is 15.5. The fourth-order valence-corrected chi connectivity index (χ4v) is 10.9. The van der Waals surface area contributed by atoms with Gasteiger partial charge in [-0.05, 0) is 127 Å². The molecule has 0 saturated carbocycles. The molecule has 4 aromatic heterocycles. The molecule has 10 rings (SSSR count). The summed E-state index contributed by atoms with van der Waals surface area (Å²) in [5.74, 6) is 4.62. The number of pyridine rings is 2. The van der Waals surface area contributed by atoms with E-state index >= 15 is 0 Å². The van der Waals surface area contributed by atoms with Crippen LogP contribution < -0.4 is 51.6 Å². The molecule has 0 unspecified atom stereocenters. The van der Waals surface area contributed by atoms with Gasteiger partial charge < -0.3 is 70.5 Å². The van der Waals surface area contributed by atoms with Crippen molar-refractivity contribution in [2.75, 3.05) is 92.3 Å². The second-order valence-corrected chi connectivity index (χ2v) is 24.7. The van der Waals surface area contributed by atoms with Crippen LogP contribution in [0.1, 0.15) is 126 Å². The van der Waals surface area contributed by atoms with Crippen LogP contribution in [0.5, 0.6) is 11.5 Å². The van der Waals surface area contributed by atoms with Gasteiger partial charge in [0, 0.05) is 75.6 Å². The van der Waals surface area contributed by atoms with Crippen molar-refractivity contribution in [1.82, 2.24) is 40.5 Å². The van der Waals surface area contributed by atoms with Crippen molar-refractivity contribution >= 4 is 64.8 Å². The fraction of sp³-hybridized carbons (Fsp3) is 0.485. The molecule has 0 radical (unpaired) electrons. The van der Waals surface area contributed by atoms with Gasteiger partial charge in [0.2, 0.25) is 5.75 Å². The Morgan fingerprint density at radius 1 is 0.604 bits per heavy atom. The Labute approximate surface area is 537 Å². The first-order chi connectivity index (χ1) is 43.8. The highest BCUT2D eigenvalue weighted by atomic mass is 35.5. The number of hydrogen-bond donors (Lipinski definition) is 6. The van der Waals surface area contributed by atoms with E-state index in [1.807, 2.05) is 60.7 Å². The molecule has 91 heavy (non-hydrogen) atoms. The van der Waals surface area contributed by atoms with Gasteiger partial charge in [-0.15, -0.1) is 0 Å². The van der Waals surface area contributed by atoms with E-state index in [0.717, 1.165) is 118 Å². The van der Waals surface area contributed by atoms with E-state index in [9.17, 15) is 19.2 Å². The third-order valence-corrected chi connectivity index (χ3v) is 15.6. The number of carbonyl (C=O) groups excluding carboxylic acids is 4. The average molecular weight is 1270 g/mol. The number of anilines is 5. The number of piperidine rings is 2. The van der Waals surface area contributed by atoms with Gasteiger partial charge in [-0.2, -0.15) is 0 Å². The molecule has 2 amide bonds. The van der Waals surface area contributed by atoms with E-state index in [4.69, 9.17) is 55.7 Å². The molecular formula is C66H87ClN14O10. The third-order valence-electron chi connectivity index (χ3n) is 15.3. The van der Waals surface area contributed by atoms with Crippen molar-refractivity contribution in [3.63, 3.8) is 0 Å². The first kappa shape index (κ1) is 68.1. The molecular weight excluding hydrogens is 1180 g/mol. The molecule has 2 saturated heterocycles. The topological polar surface area (TPSA) is 294 Å².